The number of nitrogens with one attached hydrogen (secondary N) is 1. The molecule has 5 nitrogen and oxygen atoms in total. The number of carbonyl (C=O) groups excluding carboxylic acids is 1. The third-order valence-electron chi connectivity index (χ3n) is 6.09. The first-order valence-electron chi connectivity index (χ1n) is 10.7. The summed E-state index contributed by atoms with van der Waals surface area (Å²) in [4.78, 5) is 19.6. The lowest BCUT2D eigenvalue weighted by Crippen LogP contribution is -2.56. The van der Waals surface area contributed by atoms with Crippen LogP contribution in [0.25, 0.3) is 10.9 Å². The van der Waals surface area contributed by atoms with Gasteiger partial charge in [-0.25, -0.2) is 0 Å². The lowest BCUT2D eigenvalue weighted by atomic mass is 9.99. The number of hydrogen-bond acceptors (Lipinski definition) is 3. The van der Waals surface area contributed by atoms with E-state index in [4.69, 9.17) is 5.26 Å². The molecule has 1 unspecified atom stereocenters. The number of piperazine rings is 1. The van der Waals surface area contributed by atoms with Crippen LogP contribution in [0.15, 0.2) is 48.7 Å². The van der Waals surface area contributed by atoms with Gasteiger partial charge in [0, 0.05) is 48.3 Å². The first kappa shape index (κ1) is 24.6. The largest absolute Gasteiger partial charge is 0.416 e. The minimum absolute atomic E-state index is 0.00502. The van der Waals surface area contributed by atoms with Crippen molar-refractivity contribution in [3.05, 3.63) is 70.9 Å². The van der Waals surface area contributed by atoms with Crippen LogP contribution in [0, 0.1) is 11.3 Å². The number of H-pyrrole nitrogens is 1. The first-order chi connectivity index (χ1) is 16.5. The number of carbonyl (C=O) groups is 1. The quantitative estimate of drug-likeness (QED) is 0.406. The molecule has 35 heavy (non-hydrogen) atoms. The van der Waals surface area contributed by atoms with Gasteiger partial charge in [0.2, 0.25) is 0 Å². The Morgan fingerprint density at radius 2 is 1.69 bits per heavy atom. The molecular formula is C24H20F6N4O. The Bertz CT molecular complexity index is 1240. The van der Waals surface area contributed by atoms with Crippen LogP contribution in [0.3, 0.4) is 0 Å². The monoisotopic (exact) mass is 494 g/mol. The summed E-state index contributed by atoms with van der Waals surface area (Å²) in [5.41, 5.74) is -2.04. The Kier molecular flexibility index (Phi) is 6.51. The van der Waals surface area contributed by atoms with Crippen LogP contribution in [-0.4, -0.2) is 52.9 Å². The molecule has 1 aliphatic heterocycles. The summed E-state index contributed by atoms with van der Waals surface area (Å²) in [7, 11) is 0. The SMILES string of the molecule is N#CCN1CCN(C(=O)c2cc(C(F)(F)F)cc(C(F)(F)F)c2)C(Cc2c[nH]c3ccccc23)C1. The molecule has 4 rings (SSSR count). The molecule has 11 heteroatoms. The topological polar surface area (TPSA) is 63.1 Å². The smallest absolute Gasteiger partial charge is 0.361 e. The van der Waals surface area contributed by atoms with E-state index in [1.54, 1.807) is 11.1 Å². The number of para-hydroxylation sites is 1. The number of fused-ring (bicyclic) bond motifs is 1. The second-order valence-electron chi connectivity index (χ2n) is 8.40. The van der Waals surface area contributed by atoms with Crippen molar-refractivity contribution in [2.24, 2.45) is 0 Å². The molecule has 1 atom stereocenters. The van der Waals surface area contributed by atoms with Crippen LogP contribution in [0.4, 0.5) is 26.3 Å². The highest BCUT2D eigenvalue weighted by molar-refractivity contribution is 5.95. The predicted molar refractivity (Wildman–Crippen MR) is 115 cm³/mol. The normalized spacial score (nSPS) is 17.5. The molecule has 0 saturated carbocycles. The maximum absolute atomic E-state index is 13.3. The average molecular weight is 494 g/mol. The molecule has 0 bridgehead atoms. The molecule has 1 aromatic heterocycles. The van der Waals surface area contributed by atoms with Gasteiger partial charge in [0.25, 0.3) is 5.91 Å². The zero-order chi connectivity index (χ0) is 25.4. The van der Waals surface area contributed by atoms with Gasteiger partial charge >= 0.3 is 12.4 Å². The number of benzene rings is 2. The van der Waals surface area contributed by atoms with E-state index in [9.17, 15) is 31.1 Å². The molecule has 2 aromatic carbocycles. The number of rotatable bonds is 4. The minimum atomic E-state index is -5.05. The zero-order valence-electron chi connectivity index (χ0n) is 18.2. The Labute approximate surface area is 196 Å². The third kappa shape index (κ3) is 5.27. The van der Waals surface area contributed by atoms with Gasteiger partial charge in [-0.2, -0.15) is 31.6 Å². The first-order valence-corrected chi connectivity index (χ1v) is 10.7. The number of amides is 1. The summed E-state index contributed by atoms with van der Waals surface area (Å²) in [5, 5.41) is 9.98. The second-order valence-corrected chi connectivity index (χ2v) is 8.40. The van der Waals surface area contributed by atoms with Crippen molar-refractivity contribution >= 4 is 16.8 Å². The van der Waals surface area contributed by atoms with Crippen molar-refractivity contribution < 1.29 is 31.1 Å². The predicted octanol–water partition coefficient (Wildman–Crippen LogP) is 5.10. The van der Waals surface area contributed by atoms with Crippen molar-refractivity contribution in [3.63, 3.8) is 0 Å². The van der Waals surface area contributed by atoms with Gasteiger partial charge in [0.05, 0.1) is 23.7 Å². The van der Waals surface area contributed by atoms with Crippen LogP contribution in [0.1, 0.15) is 27.0 Å². The summed E-state index contributed by atoms with van der Waals surface area (Å²) in [6.45, 7) is 0.679. The number of aromatic nitrogens is 1. The third-order valence-corrected chi connectivity index (χ3v) is 6.09. The fourth-order valence-corrected chi connectivity index (χ4v) is 4.40. The Balaban J connectivity index is 1.70. The van der Waals surface area contributed by atoms with Gasteiger partial charge in [0.15, 0.2) is 0 Å². The van der Waals surface area contributed by atoms with Crippen LogP contribution < -0.4 is 0 Å². The van der Waals surface area contributed by atoms with Crippen molar-refractivity contribution in [1.29, 1.82) is 5.26 Å². The van der Waals surface area contributed by atoms with E-state index in [1.807, 2.05) is 30.3 Å². The highest BCUT2D eigenvalue weighted by Gasteiger charge is 2.39. The van der Waals surface area contributed by atoms with E-state index in [-0.39, 0.29) is 32.2 Å². The van der Waals surface area contributed by atoms with Gasteiger partial charge in [-0.1, -0.05) is 18.2 Å². The van der Waals surface area contributed by atoms with Crippen LogP contribution in [0.2, 0.25) is 0 Å². The number of nitriles is 1. The maximum atomic E-state index is 13.3. The molecule has 1 N–H and O–H groups in total. The lowest BCUT2D eigenvalue weighted by molar-refractivity contribution is -0.143. The number of halogens is 6. The molecule has 0 spiro atoms. The molecule has 1 fully saturated rings. The molecule has 2 heterocycles. The van der Waals surface area contributed by atoms with Crippen molar-refractivity contribution in [2.75, 3.05) is 26.2 Å². The Morgan fingerprint density at radius 3 is 2.31 bits per heavy atom. The maximum Gasteiger partial charge on any atom is 0.416 e. The van der Waals surface area contributed by atoms with Crippen LogP contribution >= 0.6 is 0 Å². The van der Waals surface area contributed by atoms with Crippen molar-refractivity contribution in [1.82, 2.24) is 14.8 Å². The van der Waals surface area contributed by atoms with Gasteiger partial charge < -0.3 is 9.88 Å². The molecule has 184 valence electrons. The van der Waals surface area contributed by atoms with Crippen LogP contribution in [-0.2, 0) is 18.8 Å². The second kappa shape index (κ2) is 9.26. The van der Waals surface area contributed by atoms with Gasteiger partial charge in [-0.15, -0.1) is 0 Å². The molecule has 1 amide bonds. The van der Waals surface area contributed by atoms with E-state index in [0.717, 1.165) is 16.5 Å². The van der Waals surface area contributed by atoms with Gasteiger partial charge in [-0.3, -0.25) is 9.69 Å². The molecule has 1 aliphatic rings. The van der Waals surface area contributed by atoms with Crippen LogP contribution in [0.5, 0.6) is 0 Å². The van der Waals surface area contributed by atoms with E-state index < -0.39 is 41.0 Å². The van der Waals surface area contributed by atoms with E-state index in [2.05, 4.69) is 4.98 Å². The fraction of sp³-hybridized carbons (Fsp3) is 0.333. The Hall–Kier alpha value is -3.52. The summed E-state index contributed by atoms with van der Waals surface area (Å²) in [5.74, 6) is -0.914. The summed E-state index contributed by atoms with van der Waals surface area (Å²) < 4.78 is 79.9. The van der Waals surface area contributed by atoms with E-state index in [0.29, 0.717) is 18.6 Å². The fourth-order valence-electron chi connectivity index (χ4n) is 4.40. The minimum Gasteiger partial charge on any atom is -0.361 e. The lowest BCUT2D eigenvalue weighted by Gasteiger charge is -2.41. The van der Waals surface area contributed by atoms with E-state index >= 15 is 0 Å². The van der Waals surface area contributed by atoms with E-state index in [1.165, 1.54) is 4.90 Å². The highest BCUT2D eigenvalue weighted by Crippen LogP contribution is 2.37. The molecule has 0 radical (unpaired) electrons. The summed E-state index contributed by atoms with van der Waals surface area (Å²) in [6, 6.07) is 9.83. The summed E-state index contributed by atoms with van der Waals surface area (Å²) in [6.07, 6.45) is -8.03. The van der Waals surface area contributed by atoms with Gasteiger partial charge in [-0.05, 0) is 36.2 Å². The highest BCUT2D eigenvalue weighted by atomic mass is 19.4. The molecule has 1 saturated heterocycles. The number of alkyl halides is 6. The molecular weight excluding hydrogens is 474 g/mol. The van der Waals surface area contributed by atoms with Crippen molar-refractivity contribution in [3.8, 4) is 6.07 Å². The zero-order valence-corrected chi connectivity index (χ0v) is 18.2. The van der Waals surface area contributed by atoms with Gasteiger partial charge in [0.1, 0.15) is 0 Å². The average Bonchev–Trinajstić information content (AvgIpc) is 3.20. The molecule has 3 aromatic rings. The standard InChI is InChI=1S/C24H20F6N4O/c25-23(26,27)17-9-15(10-18(12-17)24(28,29)30)22(35)34-8-7-33(6-5-31)14-19(34)11-16-13-32-21-4-2-1-3-20(16)21/h1-4,9-10,12-13,19,32H,6-8,11,14H2. The number of nitrogens with zero attached hydrogens (tertiary/aromatic N) is 3. The summed E-state index contributed by atoms with van der Waals surface area (Å²) >= 11 is 0. The Morgan fingerprint density at radius 1 is 1.03 bits per heavy atom. The number of aromatic amines is 1. The van der Waals surface area contributed by atoms with Crippen molar-refractivity contribution in [2.45, 2.75) is 24.8 Å². The number of hydrogen-bond donors (Lipinski definition) is 1. The molecule has 0 aliphatic carbocycles.